The zero-order chi connectivity index (χ0) is 17.6. The molecule has 0 saturated carbocycles. The molecule has 0 aliphatic rings. The average Bonchev–Trinajstić information content (AvgIpc) is 2.62. The van der Waals surface area contributed by atoms with Gasteiger partial charge in [-0.3, -0.25) is 4.98 Å². The molecule has 3 rings (SSSR count). The second-order valence-electron chi connectivity index (χ2n) is 5.70. The quantitative estimate of drug-likeness (QED) is 0.675. The van der Waals surface area contributed by atoms with Crippen LogP contribution < -0.4 is 10.2 Å². The van der Waals surface area contributed by atoms with Crippen molar-refractivity contribution in [1.82, 2.24) is 4.98 Å². The summed E-state index contributed by atoms with van der Waals surface area (Å²) < 4.78 is 13.9. The highest BCUT2D eigenvalue weighted by atomic mass is 32.1. The van der Waals surface area contributed by atoms with Crippen molar-refractivity contribution in [2.24, 2.45) is 0 Å². The third-order valence-electron chi connectivity index (χ3n) is 3.74. The Morgan fingerprint density at radius 3 is 2.68 bits per heavy atom. The number of nitrogens with zero attached hydrogens (tertiary/aromatic N) is 2. The summed E-state index contributed by atoms with van der Waals surface area (Å²) in [5.41, 5.74) is 3.49. The van der Waals surface area contributed by atoms with E-state index in [1.807, 2.05) is 42.2 Å². The zero-order valence-corrected chi connectivity index (χ0v) is 14.6. The van der Waals surface area contributed by atoms with E-state index in [9.17, 15) is 4.39 Å². The monoisotopic (exact) mass is 351 g/mol. The van der Waals surface area contributed by atoms with Crippen LogP contribution in [0.4, 0.5) is 15.8 Å². The zero-order valence-electron chi connectivity index (χ0n) is 13.8. The number of para-hydroxylation sites is 1. The van der Waals surface area contributed by atoms with Gasteiger partial charge in [0.15, 0.2) is 5.11 Å². The van der Waals surface area contributed by atoms with Gasteiger partial charge < -0.3 is 10.2 Å². The Kier molecular flexibility index (Phi) is 5.36. The SMILES string of the molecule is Cc1cccc(CN(C(=S)Nc2ccccc2F)c2cccnc2)c1. The molecule has 25 heavy (non-hydrogen) atoms. The smallest absolute Gasteiger partial charge is 0.178 e. The first-order chi connectivity index (χ1) is 12.1. The molecular weight excluding hydrogens is 333 g/mol. The molecular formula is C20H18FN3S. The van der Waals surface area contributed by atoms with Gasteiger partial charge in [0.05, 0.1) is 24.1 Å². The number of pyridine rings is 1. The van der Waals surface area contributed by atoms with Crippen molar-refractivity contribution in [3.8, 4) is 0 Å². The van der Waals surface area contributed by atoms with Crippen LogP contribution in [0.25, 0.3) is 0 Å². The van der Waals surface area contributed by atoms with Crippen LogP contribution in [0, 0.1) is 12.7 Å². The second-order valence-corrected chi connectivity index (χ2v) is 6.08. The van der Waals surface area contributed by atoms with Gasteiger partial charge in [-0.25, -0.2) is 4.39 Å². The number of benzene rings is 2. The van der Waals surface area contributed by atoms with Gasteiger partial charge in [-0.15, -0.1) is 0 Å². The number of hydrogen-bond donors (Lipinski definition) is 1. The highest BCUT2D eigenvalue weighted by Crippen LogP contribution is 2.20. The summed E-state index contributed by atoms with van der Waals surface area (Å²) in [6.07, 6.45) is 3.45. The van der Waals surface area contributed by atoms with E-state index in [1.165, 1.54) is 11.6 Å². The summed E-state index contributed by atoms with van der Waals surface area (Å²) in [5, 5.41) is 3.41. The Morgan fingerprint density at radius 1 is 1.12 bits per heavy atom. The Morgan fingerprint density at radius 2 is 1.96 bits per heavy atom. The standard InChI is InChI=1S/C20H18FN3S/c1-15-6-4-7-16(12-15)14-24(17-8-5-11-22-13-17)20(25)23-19-10-3-2-9-18(19)21/h2-13H,14H2,1H3,(H,23,25). The molecule has 5 heteroatoms. The molecule has 2 aromatic carbocycles. The number of hydrogen-bond acceptors (Lipinski definition) is 2. The molecule has 3 nitrogen and oxygen atoms in total. The van der Waals surface area contributed by atoms with E-state index in [1.54, 1.807) is 30.6 Å². The first-order valence-electron chi connectivity index (χ1n) is 7.92. The van der Waals surface area contributed by atoms with Crippen LogP contribution in [-0.4, -0.2) is 10.1 Å². The summed E-state index contributed by atoms with van der Waals surface area (Å²) in [4.78, 5) is 6.07. The lowest BCUT2D eigenvalue weighted by Gasteiger charge is -2.26. The van der Waals surface area contributed by atoms with Crippen molar-refractivity contribution in [1.29, 1.82) is 0 Å². The Labute approximate surface area is 152 Å². The first-order valence-corrected chi connectivity index (χ1v) is 8.33. The van der Waals surface area contributed by atoms with Crippen molar-refractivity contribution < 1.29 is 4.39 Å². The van der Waals surface area contributed by atoms with Gasteiger partial charge >= 0.3 is 0 Å². The predicted molar refractivity (Wildman–Crippen MR) is 104 cm³/mol. The van der Waals surface area contributed by atoms with Crippen molar-refractivity contribution >= 4 is 28.7 Å². The largest absolute Gasteiger partial charge is 0.330 e. The topological polar surface area (TPSA) is 28.2 Å². The second kappa shape index (κ2) is 7.85. The third kappa shape index (κ3) is 4.39. The lowest BCUT2D eigenvalue weighted by molar-refractivity contribution is 0.632. The first kappa shape index (κ1) is 17.0. The van der Waals surface area contributed by atoms with E-state index in [-0.39, 0.29) is 5.82 Å². The highest BCUT2D eigenvalue weighted by Gasteiger charge is 2.15. The number of rotatable bonds is 4. The van der Waals surface area contributed by atoms with E-state index in [0.29, 0.717) is 17.3 Å². The fourth-order valence-electron chi connectivity index (χ4n) is 2.53. The van der Waals surface area contributed by atoms with Crippen LogP contribution in [0.2, 0.25) is 0 Å². The number of anilines is 2. The van der Waals surface area contributed by atoms with Gasteiger partial charge in [0, 0.05) is 6.20 Å². The van der Waals surface area contributed by atoms with Crippen LogP contribution in [0.15, 0.2) is 73.1 Å². The van der Waals surface area contributed by atoms with Gasteiger partial charge in [-0.05, 0) is 49.0 Å². The molecule has 0 unspecified atom stereocenters. The molecule has 0 radical (unpaired) electrons. The van der Waals surface area contributed by atoms with Crippen molar-refractivity contribution in [2.75, 3.05) is 10.2 Å². The molecule has 0 aliphatic carbocycles. The summed E-state index contributed by atoms with van der Waals surface area (Å²) in [6.45, 7) is 2.61. The summed E-state index contributed by atoms with van der Waals surface area (Å²) in [7, 11) is 0. The van der Waals surface area contributed by atoms with Gasteiger partial charge in [-0.1, -0.05) is 42.0 Å². The van der Waals surface area contributed by atoms with Crippen molar-refractivity contribution in [3.05, 3.63) is 90.0 Å². The molecule has 0 bridgehead atoms. The predicted octanol–water partition coefficient (Wildman–Crippen LogP) is 4.93. The lowest BCUT2D eigenvalue weighted by atomic mass is 10.1. The highest BCUT2D eigenvalue weighted by molar-refractivity contribution is 7.80. The average molecular weight is 351 g/mol. The molecule has 126 valence electrons. The fourth-order valence-corrected chi connectivity index (χ4v) is 2.81. The minimum Gasteiger partial charge on any atom is -0.330 e. The lowest BCUT2D eigenvalue weighted by Crippen LogP contribution is -2.34. The molecule has 0 aliphatic heterocycles. The maximum Gasteiger partial charge on any atom is 0.178 e. The summed E-state index contributed by atoms with van der Waals surface area (Å²) in [5.74, 6) is -0.341. The van der Waals surface area contributed by atoms with Gasteiger partial charge in [0.25, 0.3) is 0 Å². The van der Waals surface area contributed by atoms with Crippen LogP contribution in [0.1, 0.15) is 11.1 Å². The molecule has 1 N–H and O–H groups in total. The molecule has 1 heterocycles. The Balaban J connectivity index is 1.88. The molecule has 0 saturated heterocycles. The van der Waals surface area contributed by atoms with Crippen LogP contribution in [0.3, 0.4) is 0 Å². The summed E-state index contributed by atoms with van der Waals surface area (Å²) >= 11 is 5.55. The Hall–Kier alpha value is -2.79. The maximum atomic E-state index is 13.9. The number of thiocarbonyl (C=S) groups is 1. The maximum absolute atomic E-state index is 13.9. The fraction of sp³-hybridized carbons (Fsp3) is 0.100. The molecule has 0 spiro atoms. The minimum atomic E-state index is -0.341. The number of aryl methyl sites for hydroxylation is 1. The normalized spacial score (nSPS) is 10.3. The van der Waals surface area contributed by atoms with E-state index in [2.05, 4.69) is 16.4 Å². The van der Waals surface area contributed by atoms with E-state index < -0.39 is 0 Å². The van der Waals surface area contributed by atoms with Gasteiger partial charge in [0.1, 0.15) is 5.82 Å². The van der Waals surface area contributed by atoms with Crippen LogP contribution in [-0.2, 0) is 6.54 Å². The minimum absolute atomic E-state index is 0.341. The van der Waals surface area contributed by atoms with Crippen molar-refractivity contribution in [2.45, 2.75) is 13.5 Å². The third-order valence-corrected chi connectivity index (χ3v) is 4.06. The molecule has 0 amide bonds. The molecule has 1 aromatic heterocycles. The number of halogens is 1. The number of nitrogens with one attached hydrogen (secondary N) is 1. The van der Waals surface area contributed by atoms with Crippen LogP contribution in [0.5, 0.6) is 0 Å². The van der Waals surface area contributed by atoms with E-state index in [4.69, 9.17) is 12.2 Å². The summed E-state index contributed by atoms with van der Waals surface area (Å²) in [6, 6.07) is 18.5. The van der Waals surface area contributed by atoms with E-state index >= 15 is 0 Å². The Bertz CT molecular complexity index is 868. The molecule has 0 fully saturated rings. The van der Waals surface area contributed by atoms with Gasteiger partial charge in [0.2, 0.25) is 0 Å². The van der Waals surface area contributed by atoms with Gasteiger partial charge in [-0.2, -0.15) is 0 Å². The van der Waals surface area contributed by atoms with Crippen molar-refractivity contribution in [3.63, 3.8) is 0 Å². The number of aromatic nitrogens is 1. The van der Waals surface area contributed by atoms with Crippen LogP contribution >= 0.6 is 12.2 Å². The molecule has 0 atom stereocenters. The van der Waals surface area contributed by atoms with E-state index in [0.717, 1.165) is 11.3 Å². The molecule has 3 aromatic rings.